The van der Waals surface area contributed by atoms with Crippen molar-refractivity contribution >= 4 is 24.3 Å². The summed E-state index contributed by atoms with van der Waals surface area (Å²) >= 11 is 0. The van der Waals surface area contributed by atoms with E-state index in [2.05, 4.69) is 5.32 Å². The monoisotopic (exact) mass is 411 g/mol. The average Bonchev–Trinajstić information content (AvgIpc) is 3.26. The first kappa shape index (κ1) is 23.3. The summed E-state index contributed by atoms with van der Waals surface area (Å²) in [6.07, 6.45) is 5.31. The van der Waals surface area contributed by atoms with E-state index in [4.69, 9.17) is 5.73 Å². The number of carbonyl (C=O) groups is 4. The predicted octanol–water partition coefficient (Wildman–Crippen LogP) is 1.39. The molecule has 0 spiro atoms. The number of hydroxylamine groups is 2. The molecule has 0 aromatic rings. The summed E-state index contributed by atoms with van der Waals surface area (Å²) in [6, 6.07) is -1.55. The van der Waals surface area contributed by atoms with Crippen LogP contribution in [-0.4, -0.2) is 64.7 Å². The first-order chi connectivity index (χ1) is 13.6. The first-order valence-electron chi connectivity index (χ1n) is 10.5. The molecule has 0 aromatic carbocycles. The fraction of sp³-hybridized carbons (Fsp3) is 0.800. The van der Waals surface area contributed by atoms with Gasteiger partial charge in [0.25, 0.3) is 5.91 Å². The largest absolute Gasteiger partial charge is 0.424 e. The van der Waals surface area contributed by atoms with Crippen LogP contribution in [0.2, 0.25) is 0 Å². The molecular weight excluding hydrogens is 376 g/mol. The Bertz CT molecular complexity index is 647. The lowest BCUT2D eigenvalue weighted by molar-refractivity contribution is -0.783. The van der Waals surface area contributed by atoms with E-state index in [-0.39, 0.29) is 19.5 Å². The van der Waals surface area contributed by atoms with Crippen LogP contribution in [0.1, 0.15) is 59.3 Å². The molecule has 1 aliphatic carbocycles. The second-order valence-corrected chi connectivity index (χ2v) is 9.12. The van der Waals surface area contributed by atoms with E-state index < -0.39 is 39.7 Å². The zero-order valence-electron chi connectivity index (χ0n) is 17.7. The number of carbonyl (C=O) groups excluding carboxylic acids is 4. The van der Waals surface area contributed by atoms with Crippen molar-refractivity contribution in [3.8, 4) is 0 Å². The zero-order valence-corrected chi connectivity index (χ0v) is 17.7. The Hall–Kier alpha value is -2.00. The lowest BCUT2D eigenvalue weighted by Crippen LogP contribution is -2.70. The summed E-state index contributed by atoms with van der Waals surface area (Å²) in [5.41, 5.74) is 5.08. The molecule has 1 saturated carbocycles. The minimum Gasteiger partial charge on any atom is -0.364 e. The third kappa shape index (κ3) is 4.61. The van der Waals surface area contributed by atoms with Gasteiger partial charge in [0.15, 0.2) is 6.04 Å². The number of hydrogen-bond acceptors (Lipinski definition) is 5. The number of amides is 5. The number of hydrogen-bond donors (Lipinski definition) is 3. The Morgan fingerprint density at radius 1 is 1.31 bits per heavy atom. The van der Waals surface area contributed by atoms with Crippen molar-refractivity contribution < 1.29 is 28.9 Å². The average molecular weight is 412 g/mol. The van der Waals surface area contributed by atoms with Crippen molar-refractivity contribution in [2.24, 2.45) is 23.0 Å². The van der Waals surface area contributed by atoms with Crippen molar-refractivity contribution in [3.63, 3.8) is 0 Å². The Morgan fingerprint density at radius 3 is 2.45 bits per heavy atom. The van der Waals surface area contributed by atoms with Crippen LogP contribution in [-0.2, 0) is 14.4 Å². The maximum atomic E-state index is 13.9. The van der Waals surface area contributed by atoms with Crippen LogP contribution in [0.25, 0.3) is 0 Å². The highest BCUT2D eigenvalue weighted by Crippen LogP contribution is 2.44. The maximum Gasteiger partial charge on any atom is 0.424 e. The third-order valence-corrected chi connectivity index (χ3v) is 6.61. The number of primary amides is 1. The van der Waals surface area contributed by atoms with Gasteiger partial charge in [0, 0.05) is 18.4 Å². The smallest absolute Gasteiger partial charge is 0.364 e. The Morgan fingerprint density at radius 2 is 1.93 bits per heavy atom. The molecule has 9 nitrogen and oxygen atoms in total. The molecule has 1 unspecified atom stereocenters. The predicted molar refractivity (Wildman–Crippen MR) is 105 cm³/mol. The maximum absolute atomic E-state index is 13.9. The van der Waals surface area contributed by atoms with Crippen molar-refractivity contribution in [2.75, 3.05) is 19.6 Å². The van der Waals surface area contributed by atoms with Crippen LogP contribution in [0.5, 0.6) is 0 Å². The minimum absolute atomic E-state index is 0.166. The number of rotatable bonds is 8. The molecule has 2 aliphatic rings. The van der Waals surface area contributed by atoms with Gasteiger partial charge in [-0.25, -0.2) is 14.7 Å². The first-order valence-corrected chi connectivity index (χ1v) is 10.5. The van der Waals surface area contributed by atoms with E-state index in [1.54, 1.807) is 6.92 Å². The SMILES string of the molecule is CCNC(=O)[N+]1(C(=O)[C@H](CC2CCCC2)CN(O)C=O)CCC(C)(C)[C@H]1C(N)=O. The molecule has 2 fully saturated rings. The van der Waals surface area contributed by atoms with Crippen LogP contribution in [0.15, 0.2) is 0 Å². The molecule has 0 bridgehead atoms. The van der Waals surface area contributed by atoms with Gasteiger partial charge in [-0.3, -0.25) is 14.8 Å². The second kappa shape index (κ2) is 9.21. The van der Waals surface area contributed by atoms with E-state index in [9.17, 15) is 24.4 Å². The van der Waals surface area contributed by atoms with E-state index in [1.807, 2.05) is 13.8 Å². The molecule has 5 amide bonds. The summed E-state index contributed by atoms with van der Waals surface area (Å²) in [7, 11) is 0. The molecule has 1 aliphatic heterocycles. The van der Waals surface area contributed by atoms with Crippen molar-refractivity contribution in [1.29, 1.82) is 0 Å². The topological polar surface area (TPSA) is 130 Å². The van der Waals surface area contributed by atoms with Crippen molar-refractivity contribution in [2.45, 2.75) is 65.3 Å². The lowest BCUT2D eigenvalue weighted by atomic mass is 9.83. The highest BCUT2D eigenvalue weighted by molar-refractivity contribution is 5.92. The molecule has 2 rings (SSSR count). The Kier molecular flexibility index (Phi) is 7.40. The summed E-state index contributed by atoms with van der Waals surface area (Å²) in [5.74, 6) is -1.60. The molecule has 1 heterocycles. The van der Waals surface area contributed by atoms with E-state index in [0.717, 1.165) is 25.7 Å². The number of urea groups is 1. The van der Waals surface area contributed by atoms with Gasteiger partial charge >= 0.3 is 11.9 Å². The molecule has 0 aromatic heterocycles. The molecule has 9 heteroatoms. The van der Waals surface area contributed by atoms with Crippen LogP contribution in [0.4, 0.5) is 4.79 Å². The van der Waals surface area contributed by atoms with Crippen LogP contribution in [0, 0.1) is 17.3 Å². The molecule has 3 atom stereocenters. The van der Waals surface area contributed by atoms with Gasteiger partial charge in [-0.1, -0.05) is 39.5 Å². The summed E-state index contributed by atoms with van der Waals surface area (Å²) in [6.45, 7) is 5.70. The van der Waals surface area contributed by atoms with Gasteiger partial charge in [-0.15, -0.1) is 0 Å². The molecule has 164 valence electrons. The number of nitrogens with one attached hydrogen (secondary N) is 1. The zero-order chi connectivity index (χ0) is 21.8. The van der Waals surface area contributed by atoms with Gasteiger partial charge in [0.05, 0.1) is 19.0 Å². The molecule has 0 radical (unpaired) electrons. The van der Waals surface area contributed by atoms with E-state index in [0.29, 0.717) is 30.4 Å². The molecule has 29 heavy (non-hydrogen) atoms. The van der Waals surface area contributed by atoms with Gasteiger partial charge in [0.2, 0.25) is 6.41 Å². The van der Waals surface area contributed by atoms with Crippen molar-refractivity contribution in [3.05, 3.63) is 0 Å². The summed E-state index contributed by atoms with van der Waals surface area (Å²) in [5, 5.41) is 13.0. The lowest BCUT2D eigenvalue weighted by Gasteiger charge is -2.38. The van der Waals surface area contributed by atoms with E-state index >= 15 is 0 Å². The van der Waals surface area contributed by atoms with Gasteiger partial charge < -0.3 is 11.1 Å². The minimum atomic E-state index is -1.00. The number of likely N-dealkylation sites (tertiary alicyclic amines) is 1. The van der Waals surface area contributed by atoms with E-state index in [1.165, 1.54) is 0 Å². The van der Waals surface area contributed by atoms with Crippen LogP contribution < -0.4 is 11.1 Å². The van der Waals surface area contributed by atoms with Gasteiger partial charge in [0.1, 0.15) is 0 Å². The highest BCUT2D eigenvalue weighted by Gasteiger charge is 2.65. The number of quaternary nitrogens is 1. The fourth-order valence-electron chi connectivity index (χ4n) is 5.27. The molecular formula is C20H35N4O5+. The highest BCUT2D eigenvalue weighted by atomic mass is 16.5. The number of imide groups is 1. The van der Waals surface area contributed by atoms with Crippen LogP contribution in [0.3, 0.4) is 0 Å². The molecule has 4 N–H and O–H groups in total. The second-order valence-electron chi connectivity index (χ2n) is 9.12. The quantitative estimate of drug-likeness (QED) is 0.240. The third-order valence-electron chi connectivity index (χ3n) is 6.61. The van der Waals surface area contributed by atoms with Crippen molar-refractivity contribution in [1.82, 2.24) is 10.4 Å². The molecule has 1 saturated heterocycles. The fourth-order valence-corrected chi connectivity index (χ4v) is 5.27. The van der Waals surface area contributed by atoms with Crippen LogP contribution >= 0.6 is 0 Å². The summed E-state index contributed by atoms with van der Waals surface area (Å²) < 4.78 is -0.694. The van der Waals surface area contributed by atoms with Gasteiger partial charge in [-0.05, 0) is 19.3 Å². The number of nitrogens with zero attached hydrogens (tertiary/aromatic N) is 2. The Balaban J connectivity index is 2.48. The number of nitrogens with two attached hydrogens (primary N) is 1. The summed E-state index contributed by atoms with van der Waals surface area (Å²) in [4.78, 5) is 50.5. The normalized spacial score (nSPS) is 27.4. The Labute approximate surface area is 172 Å². The van der Waals surface area contributed by atoms with Gasteiger partial charge in [-0.2, -0.15) is 4.48 Å². The standard InChI is InChI=1S/C20H34N4O5/c1-4-22-19(28)24(10-9-20(2,3)16(24)17(21)26)18(27)15(12-23(29)13-25)11-14-7-5-6-8-14/h13-16,29H,4-12H2,1-3H3,(H2-,21,22,26,28)/p+1/t15-,16-,24?/m1/s1.